The Morgan fingerprint density at radius 2 is 1.00 bits per heavy atom. The van der Waals surface area contributed by atoms with Gasteiger partial charge in [0.1, 0.15) is 0 Å². The SMILES string of the molecule is CCC(C)c1ccc(C)c2[cH-]c(C)cc12.CCC(C)c1ccc(C)c2[cH-]c(C)cc12.[Zr+2]. The normalized spacial score (nSPS) is 12.9. The van der Waals surface area contributed by atoms with Crippen molar-refractivity contribution in [2.24, 2.45) is 0 Å². The zero-order chi connectivity index (χ0) is 22.0. The van der Waals surface area contributed by atoms with E-state index in [9.17, 15) is 0 Å². The predicted octanol–water partition coefficient (Wildman–Crippen LogP) is 9.38. The minimum Gasteiger partial charge on any atom is -0.165 e. The van der Waals surface area contributed by atoms with Gasteiger partial charge in [-0.25, -0.2) is 0 Å². The summed E-state index contributed by atoms with van der Waals surface area (Å²) in [6.45, 7) is 17.9. The molecule has 0 aromatic heterocycles. The van der Waals surface area contributed by atoms with E-state index in [4.69, 9.17) is 0 Å². The van der Waals surface area contributed by atoms with Crippen molar-refractivity contribution in [2.45, 2.75) is 80.1 Å². The molecule has 0 N–H and O–H groups in total. The van der Waals surface area contributed by atoms with E-state index < -0.39 is 0 Å². The molecule has 31 heavy (non-hydrogen) atoms. The van der Waals surface area contributed by atoms with E-state index in [1.807, 2.05) is 0 Å². The summed E-state index contributed by atoms with van der Waals surface area (Å²) in [5.74, 6) is 1.32. The second kappa shape index (κ2) is 10.9. The third-order valence-corrected chi connectivity index (χ3v) is 6.85. The maximum absolute atomic E-state index is 2.32. The Labute approximate surface area is 208 Å². The number of benzene rings is 2. The molecule has 0 amide bonds. The maximum Gasteiger partial charge on any atom is 2.00 e. The summed E-state index contributed by atoms with van der Waals surface area (Å²) in [5.41, 5.74) is 8.56. The zero-order valence-corrected chi connectivity index (χ0v) is 23.1. The summed E-state index contributed by atoms with van der Waals surface area (Å²) in [6, 6.07) is 18.4. The maximum atomic E-state index is 2.32. The van der Waals surface area contributed by atoms with Crippen molar-refractivity contribution < 1.29 is 26.2 Å². The van der Waals surface area contributed by atoms with Gasteiger partial charge in [-0.15, -0.1) is 68.1 Å². The Hall–Kier alpha value is -1.46. The van der Waals surface area contributed by atoms with Crippen LogP contribution in [0, 0.1) is 27.7 Å². The van der Waals surface area contributed by atoms with Crippen LogP contribution in [0.25, 0.3) is 21.5 Å². The van der Waals surface area contributed by atoms with Crippen molar-refractivity contribution in [3.8, 4) is 0 Å². The van der Waals surface area contributed by atoms with E-state index in [1.54, 1.807) is 0 Å². The molecule has 0 saturated heterocycles. The summed E-state index contributed by atoms with van der Waals surface area (Å²) in [7, 11) is 0. The topological polar surface area (TPSA) is 0 Å². The third-order valence-electron chi connectivity index (χ3n) is 6.85. The minimum absolute atomic E-state index is 0. The van der Waals surface area contributed by atoms with Crippen molar-refractivity contribution in [2.75, 3.05) is 0 Å². The molecule has 1 heteroatoms. The van der Waals surface area contributed by atoms with Crippen LogP contribution in [0.4, 0.5) is 0 Å². The van der Waals surface area contributed by atoms with Crippen LogP contribution in [0.2, 0.25) is 0 Å². The number of hydrogen-bond donors (Lipinski definition) is 0. The molecule has 0 aliphatic rings. The van der Waals surface area contributed by atoms with Gasteiger partial charge in [0.05, 0.1) is 0 Å². The van der Waals surface area contributed by atoms with Gasteiger partial charge in [0.2, 0.25) is 0 Å². The minimum atomic E-state index is 0. The summed E-state index contributed by atoms with van der Waals surface area (Å²) < 4.78 is 0. The molecule has 2 atom stereocenters. The molecule has 0 spiro atoms. The van der Waals surface area contributed by atoms with Crippen LogP contribution in [0.3, 0.4) is 0 Å². The van der Waals surface area contributed by atoms with Gasteiger partial charge in [-0.1, -0.05) is 91.5 Å². The Bertz CT molecular complexity index is 1050. The molecule has 0 saturated carbocycles. The molecule has 0 aliphatic carbocycles. The number of rotatable bonds is 4. The van der Waals surface area contributed by atoms with Gasteiger partial charge in [-0.3, -0.25) is 0 Å². The van der Waals surface area contributed by atoms with Gasteiger partial charge >= 0.3 is 26.2 Å². The van der Waals surface area contributed by atoms with Gasteiger partial charge in [0.15, 0.2) is 0 Å². The first-order valence-electron chi connectivity index (χ1n) is 11.6. The van der Waals surface area contributed by atoms with Gasteiger partial charge < -0.3 is 0 Å². The molecule has 2 unspecified atom stereocenters. The molecular weight excluding hydrogens is 452 g/mol. The van der Waals surface area contributed by atoms with E-state index in [0.29, 0.717) is 11.8 Å². The first-order valence-corrected chi connectivity index (χ1v) is 11.6. The molecule has 4 rings (SSSR count). The Morgan fingerprint density at radius 1 is 0.645 bits per heavy atom. The van der Waals surface area contributed by atoms with Crippen molar-refractivity contribution >= 4 is 21.5 Å². The molecule has 4 aromatic rings. The third kappa shape index (κ3) is 5.49. The van der Waals surface area contributed by atoms with Crippen LogP contribution in [0.15, 0.2) is 48.5 Å². The summed E-state index contributed by atoms with van der Waals surface area (Å²) in [6.07, 6.45) is 2.42. The van der Waals surface area contributed by atoms with Crippen molar-refractivity contribution in [3.05, 3.63) is 81.9 Å². The fourth-order valence-electron chi connectivity index (χ4n) is 4.52. The van der Waals surface area contributed by atoms with E-state index in [-0.39, 0.29) is 26.2 Å². The molecule has 4 aromatic carbocycles. The van der Waals surface area contributed by atoms with E-state index >= 15 is 0 Å². The van der Waals surface area contributed by atoms with E-state index in [0.717, 1.165) is 0 Å². The van der Waals surface area contributed by atoms with Crippen LogP contribution in [0.1, 0.15) is 85.8 Å². The molecule has 0 heterocycles. The monoisotopic (exact) mass is 488 g/mol. The van der Waals surface area contributed by atoms with Crippen LogP contribution in [0.5, 0.6) is 0 Å². The van der Waals surface area contributed by atoms with Gasteiger partial charge in [0.25, 0.3) is 0 Å². The van der Waals surface area contributed by atoms with E-state index in [2.05, 4.69) is 104 Å². The molecule has 0 aliphatic heterocycles. The quantitative estimate of drug-likeness (QED) is 0.250. The Balaban J connectivity index is 0.000000213. The van der Waals surface area contributed by atoms with Crippen molar-refractivity contribution in [3.63, 3.8) is 0 Å². The fraction of sp³-hybridized carbons (Fsp3) is 0.400. The smallest absolute Gasteiger partial charge is 0.165 e. The number of aryl methyl sites for hydroxylation is 4. The largest absolute Gasteiger partial charge is 2.00 e. The number of fused-ring (bicyclic) bond motifs is 2. The fourth-order valence-corrected chi connectivity index (χ4v) is 4.52. The van der Waals surface area contributed by atoms with Gasteiger partial charge in [-0.2, -0.15) is 12.1 Å². The van der Waals surface area contributed by atoms with Crippen molar-refractivity contribution in [1.29, 1.82) is 0 Å². The predicted molar refractivity (Wildman–Crippen MR) is 135 cm³/mol. The molecular formula is C30H38Zr. The second-order valence-electron chi connectivity index (χ2n) is 9.28. The van der Waals surface area contributed by atoms with E-state index in [1.165, 1.54) is 67.8 Å². The second-order valence-corrected chi connectivity index (χ2v) is 9.28. The Morgan fingerprint density at radius 3 is 1.32 bits per heavy atom. The molecule has 0 nitrogen and oxygen atoms in total. The molecule has 0 radical (unpaired) electrons. The van der Waals surface area contributed by atoms with Crippen molar-refractivity contribution in [1.82, 2.24) is 0 Å². The van der Waals surface area contributed by atoms with Crippen LogP contribution >= 0.6 is 0 Å². The number of hydrogen-bond acceptors (Lipinski definition) is 0. The standard InChI is InChI=1S/2C15H19.Zr/c2*1-5-11(3)13-7-6-12(4)14-8-10(2)9-15(13)14;/h2*6-9,11H,5H2,1-4H3;/q2*-1;+2. The van der Waals surface area contributed by atoms with Gasteiger partial charge in [-0.05, 0) is 11.8 Å². The summed E-state index contributed by atoms with van der Waals surface area (Å²) >= 11 is 0. The average Bonchev–Trinajstić information content (AvgIpc) is 3.31. The summed E-state index contributed by atoms with van der Waals surface area (Å²) in [5, 5.41) is 5.79. The van der Waals surface area contributed by atoms with Crippen LogP contribution in [-0.4, -0.2) is 0 Å². The van der Waals surface area contributed by atoms with Gasteiger partial charge in [0, 0.05) is 0 Å². The first-order chi connectivity index (χ1) is 14.3. The van der Waals surface area contributed by atoms with Crippen LogP contribution < -0.4 is 0 Å². The zero-order valence-electron chi connectivity index (χ0n) is 20.7. The molecule has 0 fully saturated rings. The first kappa shape index (κ1) is 25.8. The molecule has 162 valence electrons. The molecule has 0 bridgehead atoms. The summed E-state index contributed by atoms with van der Waals surface area (Å²) in [4.78, 5) is 0. The average molecular weight is 490 g/mol. The van der Waals surface area contributed by atoms with Crippen LogP contribution in [-0.2, 0) is 26.2 Å². The Kier molecular flexibility index (Phi) is 9.08.